The molecule has 2 N–H and O–H groups in total. The average molecular weight is 458 g/mol. The number of benzene rings is 2. The number of primary sulfonamides is 1. The molecule has 0 radical (unpaired) electrons. The lowest BCUT2D eigenvalue weighted by Crippen LogP contribution is -2.16. The Morgan fingerprint density at radius 2 is 1.70 bits per heavy atom. The second-order valence-electron chi connectivity index (χ2n) is 5.26. The van der Waals surface area contributed by atoms with Gasteiger partial charge in [0.1, 0.15) is 0 Å². The fourth-order valence-electron chi connectivity index (χ4n) is 2.14. The molecule has 0 saturated carbocycles. The van der Waals surface area contributed by atoms with Crippen molar-refractivity contribution < 1.29 is 32.2 Å². The summed E-state index contributed by atoms with van der Waals surface area (Å²) in [4.78, 5) is 24.2. The van der Waals surface area contributed by atoms with Gasteiger partial charge >= 0.3 is 5.97 Å². The van der Waals surface area contributed by atoms with Crippen molar-refractivity contribution in [3.05, 3.63) is 52.0 Å². The molecule has 0 saturated heterocycles. The molecule has 144 valence electrons. The van der Waals surface area contributed by atoms with Crippen molar-refractivity contribution in [1.29, 1.82) is 0 Å². The molecule has 0 fully saturated rings. The molecule has 10 heteroatoms. The van der Waals surface area contributed by atoms with Crippen molar-refractivity contribution >= 4 is 37.7 Å². The molecule has 0 aromatic heterocycles. The zero-order valence-corrected chi connectivity index (χ0v) is 16.8. The molecule has 8 nitrogen and oxygen atoms in total. The number of rotatable bonds is 7. The Balaban J connectivity index is 2.15. The van der Waals surface area contributed by atoms with E-state index in [2.05, 4.69) is 15.9 Å². The topological polar surface area (TPSA) is 122 Å². The Bertz CT molecular complexity index is 989. The molecule has 0 unspecified atom stereocenters. The van der Waals surface area contributed by atoms with Crippen LogP contribution >= 0.6 is 15.9 Å². The van der Waals surface area contributed by atoms with Crippen LogP contribution in [-0.4, -0.2) is 41.0 Å². The van der Waals surface area contributed by atoms with Crippen LogP contribution in [0.4, 0.5) is 0 Å². The van der Waals surface area contributed by atoms with Gasteiger partial charge in [-0.2, -0.15) is 0 Å². The van der Waals surface area contributed by atoms with Crippen LogP contribution in [0.3, 0.4) is 0 Å². The molecular formula is C17H16BrNO7S. The molecule has 27 heavy (non-hydrogen) atoms. The largest absolute Gasteiger partial charge is 0.493 e. The second-order valence-corrected chi connectivity index (χ2v) is 7.67. The van der Waals surface area contributed by atoms with E-state index in [-0.39, 0.29) is 16.0 Å². The van der Waals surface area contributed by atoms with Crippen LogP contribution < -0.4 is 14.6 Å². The molecule has 0 atom stereocenters. The highest BCUT2D eigenvalue weighted by atomic mass is 79.9. The maximum absolute atomic E-state index is 12.3. The van der Waals surface area contributed by atoms with Gasteiger partial charge in [0.05, 0.1) is 24.7 Å². The third-order valence-electron chi connectivity index (χ3n) is 3.53. The van der Waals surface area contributed by atoms with Gasteiger partial charge in [-0.1, -0.05) is 0 Å². The van der Waals surface area contributed by atoms with Gasteiger partial charge in [0.25, 0.3) is 0 Å². The number of carbonyl (C=O) groups is 2. The first-order valence-corrected chi connectivity index (χ1v) is 9.76. The van der Waals surface area contributed by atoms with E-state index in [0.717, 1.165) is 6.07 Å². The van der Waals surface area contributed by atoms with Crippen molar-refractivity contribution in [2.24, 2.45) is 5.14 Å². The highest BCUT2D eigenvalue weighted by molar-refractivity contribution is 9.10. The summed E-state index contributed by atoms with van der Waals surface area (Å²) < 4.78 is 38.4. The first kappa shape index (κ1) is 20.9. The average Bonchev–Trinajstić information content (AvgIpc) is 2.64. The number of halogens is 1. The summed E-state index contributed by atoms with van der Waals surface area (Å²) in [7, 11) is -1.09. The minimum absolute atomic E-state index is 0.0679. The zero-order valence-electron chi connectivity index (χ0n) is 14.4. The monoisotopic (exact) mass is 457 g/mol. The van der Waals surface area contributed by atoms with Crippen LogP contribution in [-0.2, 0) is 14.8 Å². The predicted octanol–water partition coefficient (Wildman–Crippen LogP) is 2.15. The maximum atomic E-state index is 12.3. The van der Waals surface area contributed by atoms with Crippen molar-refractivity contribution in [2.45, 2.75) is 4.90 Å². The summed E-state index contributed by atoms with van der Waals surface area (Å²) >= 11 is 3.13. The van der Waals surface area contributed by atoms with Gasteiger partial charge in [-0.15, -0.1) is 0 Å². The number of nitrogens with two attached hydrogens (primary N) is 1. The molecule has 0 aliphatic heterocycles. The molecule has 0 aliphatic rings. The number of hydrogen-bond donors (Lipinski definition) is 1. The Morgan fingerprint density at radius 3 is 2.30 bits per heavy atom. The quantitative estimate of drug-likeness (QED) is 0.498. The standard InChI is InChI=1S/C17H16BrNO7S/c1-24-15-6-3-10(7-16(15)25-2)14(20)9-26-17(21)12-8-11(27(19,22)23)4-5-13(12)18/h3-8H,9H2,1-2H3,(H2,19,22,23). The molecule has 2 aromatic rings. The maximum Gasteiger partial charge on any atom is 0.339 e. The Morgan fingerprint density at radius 1 is 1.04 bits per heavy atom. The van der Waals surface area contributed by atoms with Crippen LogP contribution in [0.1, 0.15) is 20.7 Å². The highest BCUT2D eigenvalue weighted by Crippen LogP contribution is 2.28. The van der Waals surface area contributed by atoms with E-state index in [1.165, 1.54) is 38.5 Å². The van der Waals surface area contributed by atoms with E-state index >= 15 is 0 Å². The van der Waals surface area contributed by atoms with Crippen LogP contribution in [0.5, 0.6) is 11.5 Å². The summed E-state index contributed by atoms with van der Waals surface area (Å²) in [5.41, 5.74) is 0.194. The third-order valence-corrected chi connectivity index (χ3v) is 5.13. The predicted molar refractivity (Wildman–Crippen MR) is 99.7 cm³/mol. The minimum Gasteiger partial charge on any atom is -0.493 e. The minimum atomic E-state index is -3.99. The SMILES string of the molecule is COc1ccc(C(=O)COC(=O)c2cc(S(N)(=O)=O)ccc2Br)cc1OC. The van der Waals surface area contributed by atoms with Crippen molar-refractivity contribution in [3.63, 3.8) is 0 Å². The molecule has 0 bridgehead atoms. The summed E-state index contributed by atoms with van der Waals surface area (Å²) in [6.07, 6.45) is 0. The van der Waals surface area contributed by atoms with E-state index in [9.17, 15) is 18.0 Å². The second kappa shape index (κ2) is 8.51. The number of sulfonamides is 1. The number of carbonyl (C=O) groups excluding carboxylic acids is 2. The molecular weight excluding hydrogens is 442 g/mol. The summed E-state index contributed by atoms with van der Waals surface area (Å²) in [5.74, 6) is -0.530. The highest BCUT2D eigenvalue weighted by Gasteiger charge is 2.19. The van der Waals surface area contributed by atoms with Crippen LogP contribution in [0, 0.1) is 0 Å². The van der Waals surface area contributed by atoms with Crippen molar-refractivity contribution in [1.82, 2.24) is 0 Å². The zero-order chi connectivity index (χ0) is 20.2. The lowest BCUT2D eigenvalue weighted by molar-refractivity contribution is 0.0473. The van der Waals surface area contributed by atoms with Gasteiger partial charge in [0.2, 0.25) is 10.0 Å². The molecule has 0 amide bonds. The third kappa shape index (κ3) is 5.06. The Kier molecular flexibility index (Phi) is 6.58. The van der Waals surface area contributed by atoms with E-state index in [4.69, 9.17) is 19.3 Å². The van der Waals surface area contributed by atoms with Gasteiger partial charge < -0.3 is 14.2 Å². The van der Waals surface area contributed by atoms with Gasteiger partial charge in [0, 0.05) is 10.0 Å². The molecule has 0 heterocycles. The molecule has 0 aliphatic carbocycles. The number of ketones is 1. The number of esters is 1. The van der Waals surface area contributed by atoms with Crippen LogP contribution in [0.25, 0.3) is 0 Å². The van der Waals surface area contributed by atoms with Crippen molar-refractivity contribution in [2.75, 3.05) is 20.8 Å². The number of ether oxygens (including phenoxy) is 3. The summed E-state index contributed by atoms with van der Waals surface area (Å²) in [6.45, 7) is -0.541. The fraction of sp³-hybridized carbons (Fsp3) is 0.176. The van der Waals surface area contributed by atoms with E-state index in [0.29, 0.717) is 16.0 Å². The van der Waals surface area contributed by atoms with Crippen molar-refractivity contribution in [3.8, 4) is 11.5 Å². The van der Waals surface area contributed by atoms with Gasteiger partial charge in [-0.25, -0.2) is 18.4 Å². The number of methoxy groups -OCH3 is 2. The lowest BCUT2D eigenvalue weighted by Gasteiger charge is -2.10. The first-order chi connectivity index (χ1) is 12.7. The number of hydrogen-bond acceptors (Lipinski definition) is 7. The number of Topliss-reactive ketones (excluding diaryl/α,β-unsaturated/α-hetero) is 1. The summed E-state index contributed by atoms with van der Waals surface area (Å²) in [5, 5.41) is 5.05. The Labute approximate surface area is 164 Å². The van der Waals surface area contributed by atoms with E-state index in [1.54, 1.807) is 6.07 Å². The van der Waals surface area contributed by atoms with E-state index in [1.807, 2.05) is 0 Å². The lowest BCUT2D eigenvalue weighted by atomic mass is 10.1. The van der Waals surface area contributed by atoms with Crippen LogP contribution in [0.15, 0.2) is 45.8 Å². The van der Waals surface area contributed by atoms with Gasteiger partial charge in [-0.05, 0) is 52.3 Å². The van der Waals surface area contributed by atoms with Crippen LogP contribution in [0.2, 0.25) is 0 Å². The fourth-order valence-corrected chi connectivity index (χ4v) is 3.09. The normalized spacial score (nSPS) is 11.0. The molecule has 2 aromatic carbocycles. The first-order valence-electron chi connectivity index (χ1n) is 7.42. The smallest absolute Gasteiger partial charge is 0.339 e. The van der Waals surface area contributed by atoms with Gasteiger partial charge in [-0.3, -0.25) is 4.79 Å². The van der Waals surface area contributed by atoms with E-state index < -0.39 is 28.4 Å². The summed E-state index contributed by atoms with van der Waals surface area (Å²) in [6, 6.07) is 8.20. The molecule has 0 spiro atoms. The van der Waals surface area contributed by atoms with Gasteiger partial charge in [0.15, 0.2) is 23.9 Å². The molecule has 2 rings (SSSR count). The Hall–Kier alpha value is -2.43.